The summed E-state index contributed by atoms with van der Waals surface area (Å²) in [6.07, 6.45) is 5.12. The quantitative estimate of drug-likeness (QED) is 0.482. The van der Waals surface area contributed by atoms with E-state index >= 15 is 0 Å². The Bertz CT molecular complexity index is 529. The predicted molar refractivity (Wildman–Crippen MR) is 77.4 cm³/mol. The van der Waals surface area contributed by atoms with Gasteiger partial charge in [0.15, 0.2) is 0 Å². The number of hydrogen-bond donors (Lipinski definition) is 1. The third kappa shape index (κ3) is 1.71. The maximum atomic E-state index is 11.9. The predicted octanol–water partition coefficient (Wildman–Crippen LogP) is 2.25. The number of aliphatic hydroxyl groups is 1. The highest BCUT2D eigenvalue weighted by atomic mass is 16.5. The fraction of sp³-hybridized carbons (Fsp3) is 0.765. The van der Waals surface area contributed by atoms with Crippen molar-refractivity contribution in [2.45, 2.75) is 58.7 Å². The molecule has 4 nitrogen and oxygen atoms in total. The molecule has 0 radical (unpaired) electrons. The fourth-order valence-corrected chi connectivity index (χ4v) is 5.22. The molecule has 0 aromatic carbocycles. The summed E-state index contributed by atoms with van der Waals surface area (Å²) in [5, 5.41) is 11.3. The van der Waals surface area contributed by atoms with Crippen molar-refractivity contribution in [3.8, 4) is 0 Å². The molecule has 1 N–H and O–H groups in total. The van der Waals surface area contributed by atoms with Crippen molar-refractivity contribution in [2.75, 3.05) is 0 Å². The van der Waals surface area contributed by atoms with Crippen LogP contribution in [0.25, 0.3) is 0 Å². The summed E-state index contributed by atoms with van der Waals surface area (Å²) in [5.74, 6) is -0.637. The highest BCUT2D eigenvalue weighted by Gasteiger charge is 2.71. The zero-order chi connectivity index (χ0) is 15.6. The molecular weight excluding hydrogens is 268 g/mol. The summed E-state index contributed by atoms with van der Waals surface area (Å²) in [4.78, 5) is 23.4. The van der Waals surface area contributed by atoms with Gasteiger partial charge in [0.1, 0.15) is 12.4 Å². The van der Waals surface area contributed by atoms with E-state index in [1.165, 1.54) is 6.92 Å². The van der Waals surface area contributed by atoms with Crippen LogP contribution in [0.4, 0.5) is 0 Å². The molecule has 1 spiro atoms. The standard InChI is InChI=1S/C17H24O4/c1-10-7-16(9-18)8-11(2)17(5-6-17)15(4,20)14(16)13(10)21-12(3)19/h8-10,13-14,20H,5-7H2,1-4H3/t10-,13-,14-,15+,16+/m1/s1. The summed E-state index contributed by atoms with van der Waals surface area (Å²) >= 11 is 0. The van der Waals surface area contributed by atoms with Crippen LogP contribution in [0, 0.1) is 22.7 Å². The highest BCUT2D eigenvalue weighted by molar-refractivity contribution is 5.69. The first-order valence-corrected chi connectivity index (χ1v) is 7.76. The number of ether oxygens (including phenoxy) is 1. The monoisotopic (exact) mass is 292 g/mol. The third-order valence-corrected chi connectivity index (χ3v) is 6.23. The Hall–Kier alpha value is -1.16. The van der Waals surface area contributed by atoms with Gasteiger partial charge >= 0.3 is 5.97 Å². The van der Waals surface area contributed by atoms with Crippen LogP contribution in [0.2, 0.25) is 0 Å². The number of esters is 1. The van der Waals surface area contributed by atoms with E-state index in [1.807, 2.05) is 20.8 Å². The highest BCUT2D eigenvalue weighted by Crippen LogP contribution is 2.70. The molecule has 4 heteroatoms. The van der Waals surface area contributed by atoms with Gasteiger partial charge < -0.3 is 14.6 Å². The SMILES string of the molecule is CC(=O)O[C@@H]1[C@H](C)C[C@@]2(C=O)C=C(C)C3(CC3)[C@@](C)(O)[C@@H]12. The first-order valence-electron chi connectivity index (χ1n) is 7.76. The van der Waals surface area contributed by atoms with Gasteiger partial charge in [0.2, 0.25) is 0 Å². The van der Waals surface area contributed by atoms with Crippen molar-refractivity contribution in [2.24, 2.45) is 22.7 Å². The van der Waals surface area contributed by atoms with Crippen LogP contribution in [-0.4, -0.2) is 29.1 Å². The van der Waals surface area contributed by atoms with E-state index in [-0.39, 0.29) is 23.2 Å². The molecule has 0 bridgehead atoms. The van der Waals surface area contributed by atoms with Gasteiger partial charge in [-0.1, -0.05) is 18.6 Å². The van der Waals surface area contributed by atoms with Gasteiger partial charge in [0, 0.05) is 18.3 Å². The summed E-state index contributed by atoms with van der Waals surface area (Å²) in [7, 11) is 0. The zero-order valence-corrected chi connectivity index (χ0v) is 13.2. The van der Waals surface area contributed by atoms with Crippen molar-refractivity contribution < 1.29 is 19.4 Å². The maximum absolute atomic E-state index is 11.9. The minimum Gasteiger partial charge on any atom is -0.462 e. The number of fused-ring (bicyclic) bond motifs is 1. The number of carbonyl (C=O) groups excluding carboxylic acids is 2. The van der Waals surface area contributed by atoms with Gasteiger partial charge in [0.25, 0.3) is 0 Å². The third-order valence-electron chi connectivity index (χ3n) is 6.23. The van der Waals surface area contributed by atoms with Crippen LogP contribution < -0.4 is 0 Å². The number of allylic oxidation sites excluding steroid dienone is 1. The van der Waals surface area contributed by atoms with Gasteiger partial charge in [-0.15, -0.1) is 0 Å². The lowest BCUT2D eigenvalue weighted by Gasteiger charge is -2.50. The first-order chi connectivity index (χ1) is 9.70. The number of hydrogen-bond acceptors (Lipinski definition) is 4. The number of carbonyl (C=O) groups is 2. The number of rotatable bonds is 2. The van der Waals surface area contributed by atoms with Gasteiger partial charge in [-0.25, -0.2) is 0 Å². The zero-order valence-electron chi connectivity index (χ0n) is 13.2. The Morgan fingerprint density at radius 2 is 2.10 bits per heavy atom. The van der Waals surface area contributed by atoms with E-state index in [0.29, 0.717) is 6.42 Å². The molecule has 0 aromatic heterocycles. The Morgan fingerprint density at radius 1 is 1.48 bits per heavy atom. The second-order valence-electron chi connectivity index (χ2n) is 7.52. The van der Waals surface area contributed by atoms with Crippen molar-refractivity contribution in [1.29, 1.82) is 0 Å². The summed E-state index contributed by atoms with van der Waals surface area (Å²) in [5.41, 5.74) is -0.836. The van der Waals surface area contributed by atoms with Gasteiger partial charge in [-0.3, -0.25) is 4.79 Å². The molecule has 3 rings (SSSR count). The van der Waals surface area contributed by atoms with Crippen LogP contribution in [-0.2, 0) is 14.3 Å². The topological polar surface area (TPSA) is 63.6 Å². The Morgan fingerprint density at radius 3 is 2.57 bits per heavy atom. The van der Waals surface area contributed by atoms with E-state index in [2.05, 4.69) is 6.08 Å². The normalized spacial score (nSPS) is 46.7. The largest absolute Gasteiger partial charge is 0.462 e. The Labute approximate surface area is 125 Å². The molecule has 0 saturated heterocycles. The van der Waals surface area contributed by atoms with Crippen LogP contribution >= 0.6 is 0 Å². The molecule has 5 atom stereocenters. The molecule has 2 saturated carbocycles. The Balaban J connectivity index is 2.13. The molecule has 0 aromatic rings. The van der Waals surface area contributed by atoms with Gasteiger partial charge in [-0.05, 0) is 39.0 Å². The molecule has 0 aliphatic heterocycles. The molecule has 3 aliphatic rings. The molecule has 0 heterocycles. The van der Waals surface area contributed by atoms with Crippen molar-refractivity contribution in [1.82, 2.24) is 0 Å². The second kappa shape index (κ2) is 4.19. The van der Waals surface area contributed by atoms with Gasteiger partial charge in [0.05, 0.1) is 11.0 Å². The Kier molecular flexibility index (Phi) is 2.94. The maximum Gasteiger partial charge on any atom is 0.302 e. The lowest BCUT2D eigenvalue weighted by molar-refractivity contribution is -0.168. The minimum absolute atomic E-state index is 0.0634. The second-order valence-corrected chi connectivity index (χ2v) is 7.52. The van der Waals surface area contributed by atoms with Crippen LogP contribution in [0.15, 0.2) is 11.6 Å². The summed E-state index contributed by atoms with van der Waals surface area (Å²) in [6.45, 7) is 7.23. The van der Waals surface area contributed by atoms with Crippen molar-refractivity contribution >= 4 is 12.3 Å². The van der Waals surface area contributed by atoms with Crippen molar-refractivity contribution in [3.63, 3.8) is 0 Å². The molecule has 0 amide bonds. The molecule has 0 unspecified atom stereocenters. The van der Waals surface area contributed by atoms with E-state index in [4.69, 9.17) is 4.74 Å². The van der Waals surface area contributed by atoms with E-state index < -0.39 is 17.1 Å². The van der Waals surface area contributed by atoms with Crippen molar-refractivity contribution in [3.05, 3.63) is 11.6 Å². The summed E-state index contributed by atoms with van der Waals surface area (Å²) in [6, 6.07) is 0. The van der Waals surface area contributed by atoms with E-state index in [0.717, 1.165) is 24.7 Å². The molecule has 116 valence electrons. The number of aldehydes is 1. The lowest BCUT2D eigenvalue weighted by atomic mass is 9.57. The molecule has 3 aliphatic carbocycles. The summed E-state index contributed by atoms with van der Waals surface area (Å²) < 4.78 is 5.52. The van der Waals surface area contributed by atoms with E-state index in [1.54, 1.807) is 0 Å². The minimum atomic E-state index is -1.02. The van der Waals surface area contributed by atoms with Gasteiger partial charge in [-0.2, -0.15) is 0 Å². The fourth-order valence-electron chi connectivity index (χ4n) is 5.22. The lowest BCUT2D eigenvalue weighted by Crippen LogP contribution is -2.57. The average Bonchev–Trinajstić information content (AvgIpc) is 3.12. The molecule has 2 fully saturated rings. The smallest absolute Gasteiger partial charge is 0.302 e. The van der Waals surface area contributed by atoms with E-state index in [9.17, 15) is 14.7 Å². The molecular formula is C17H24O4. The first kappa shape index (κ1) is 14.8. The van der Waals surface area contributed by atoms with Crippen LogP contribution in [0.1, 0.15) is 47.0 Å². The van der Waals surface area contributed by atoms with Crippen LogP contribution in [0.3, 0.4) is 0 Å². The average molecular weight is 292 g/mol. The van der Waals surface area contributed by atoms with Crippen LogP contribution in [0.5, 0.6) is 0 Å². The molecule has 21 heavy (non-hydrogen) atoms.